The van der Waals surface area contributed by atoms with Crippen molar-refractivity contribution in [1.29, 1.82) is 0 Å². The zero-order valence-corrected chi connectivity index (χ0v) is 11.2. The van der Waals surface area contributed by atoms with Crippen molar-refractivity contribution in [2.24, 2.45) is 5.10 Å². The van der Waals surface area contributed by atoms with E-state index in [2.05, 4.69) is 15.5 Å². The number of hydrogen-bond donors (Lipinski definition) is 1. The minimum absolute atomic E-state index is 0.0571. The molecule has 1 heterocycles. The summed E-state index contributed by atoms with van der Waals surface area (Å²) in [5, 5.41) is 14.3. The standard InChI is InChI=1S/C14H12N4O3/c1-10-2-4-11(5-3-10)8-16-17-14(19)13-7-6-12(9-15-13)18(20)21/h2-9H,1H3,(H,17,19). The third kappa shape index (κ3) is 3.93. The Balaban J connectivity index is 1.98. The van der Waals surface area contributed by atoms with E-state index in [4.69, 9.17) is 0 Å². The summed E-state index contributed by atoms with van der Waals surface area (Å²) in [6.45, 7) is 1.98. The summed E-state index contributed by atoms with van der Waals surface area (Å²) in [5.74, 6) is -0.534. The van der Waals surface area contributed by atoms with Crippen LogP contribution < -0.4 is 5.43 Å². The average molecular weight is 284 g/mol. The van der Waals surface area contributed by atoms with Crippen LogP contribution in [-0.4, -0.2) is 22.0 Å². The first-order chi connectivity index (χ1) is 10.1. The monoisotopic (exact) mass is 284 g/mol. The molecule has 1 amide bonds. The third-order valence-corrected chi connectivity index (χ3v) is 2.65. The smallest absolute Gasteiger partial charge is 0.266 e. The van der Waals surface area contributed by atoms with Crippen LogP contribution in [0.3, 0.4) is 0 Å². The first-order valence-electron chi connectivity index (χ1n) is 6.07. The lowest BCUT2D eigenvalue weighted by atomic mass is 10.2. The Morgan fingerprint density at radius 2 is 2.00 bits per heavy atom. The highest BCUT2D eigenvalue weighted by Crippen LogP contribution is 2.08. The van der Waals surface area contributed by atoms with Gasteiger partial charge in [-0.15, -0.1) is 0 Å². The summed E-state index contributed by atoms with van der Waals surface area (Å²) >= 11 is 0. The molecule has 0 aliphatic carbocycles. The number of benzene rings is 1. The van der Waals surface area contributed by atoms with Crippen molar-refractivity contribution in [3.8, 4) is 0 Å². The highest BCUT2D eigenvalue weighted by Gasteiger charge is 2.09. The van der Waals surface area contributed by atoms with Gasteiger partial charge < -0.3 is 0 Å². The summed E-state index contributed by atoms with van der Waals surface area (Å²) < 4.78 is 0. The second kappa shape index (κ2) is 6.38. The molecule has 0 saturated carbocycles. The second-order valence-electron chi connectivity index (χ2n) is 4.27. The molecule has 0 atom stereocenters. The number of carbonyl (C=O) groups is 1. The van der Waals surface area contributed by atoms with Gasteiger partial charge in [0.15, 0.2) is 0 Å². The molecule has 2 aromatic rings. The van der Waals surface area contributed by atoms with E-state index in [1.54, 1.807) is 0 Å². The van der Waals surface area contributed by atoms with Crippen LogP contribution in [0, 0.1) is 17.0 Å². The molecular weight excluding hydrogens is 272 g/mol. The summed E-state index contributed by atoms with van der Waals surface area (Å²) in [5.41, 5.74) is 4.17. The fourth-order valence-corrected chi connectivity index (χ4v) is 1.50. The number of rotatable bonds is 4. The van der Waals surface area contributed by atoms with E-state index in [9.17, 15) is 14.9 Å². The summed E-state index contributed by atoms with van der Waals surface area (Å²) in [7, 11) is 0. The van der Waals surface area contributed by atoms with Crippen LogP contribution in [-0.2, 0) is 0 Å². The molecular formula is C14H12N4O3. The Morgan fingerprint density at radius 3 is 2.57 bits per heavy atom. The van der Waals surface area contributed by atoms with Crippen molar-refractivity contribution in [3.63, 3.8) is 0 Å². The Morgan fingerprint density at radius 1 is 1.29 bits per heavy atom. The molecule has 1 N–H and O–H groups in total. The van der Waals surface area contributed by atoms with Gasteiger partial charge in [-0.3, -0.25) is 14.9 Å². The molecule has 0 spiro atoms. The lowest BCUT2D eigenvalue weighted by molar-refractivity contribution is -0.385. The predicted octanol–water partition coefficient (Wildman–Crippen LogP) is 2.06. The first-order valence-corrected chi connectivity index (χ1v) is 6.07. The maximum absolute atomic E-state index is 11.7. The summed E-state index contributed by atoms with van der Waals surface area (Å²) in [6, 6.07) is 10.1. The zero-order valence-electron chi connectivity index (χ0n) is 11.2. The van der Waals surface area contributed by atoms with Gasteiger partial charge >= 0.3 is 0 Å². The minimum Gasteiger partial charge on any atom is -0.266 e. The second-order valence-corrected chi connectivity index (χ2v) is 4.27. The molecule has 0 aliphatic rings. The molecule has 0 unspecified atom stereocenters. The molecule has 1 aromatic carbocycles. The van der Waals surface area contributed by atoms with E-state index in [1.165, 1.54) is 18.3 Å². The van der Waals surface area contributed by atoms with Crippen molar-refractivity contribution < 1.29 is 9.72 Å². The minimum atomic E-state index is -0.579. The summed E-state index contributed by atoms with van der Waals surface area (Å²) in [6.07, 6.45) is 2.53. The van der Waals surface area contributed by atoms with E-state index in [-0.39, 0.29) is 11.4 Å². The molecule has 1 aromatic heterocycles. The van der Waals surface area contributed by atoms with Gasteiger partial charge in [0.1, 0.15) is 11.9 Å². The number of carbonyl (C=O) groups excluding carboxylic acids is 1. The normalized spacial score (nSPS) is 10.5. The van der Waals surface area contributed by atoms with Crippen LogP contribution in [0.5, 0.6) is 0 Å². The molecule has 7 nitrogen and oxygen atoms in total. The van der Waals surface area contributed by atoms with Crippen molar-refractivity contribution in [1.82, 2.24) is 10.4 Å². The third-order valence-electron chi connectivity index (χ3n) is 2.65. The van der Waals surface area contributed by atoms with Crippen LogP contribution in [0.15, 0.2) is 47.7 Å². The molecule has 0 saturated heterocycles. The van der Waals surface area contributed by atoms with Gasteiger partial charge in [0.05, 0.1) is 11.1 Å². The number of aryl methyl sites for hydroxylation is 1. The number of amides is 1. The number of hydrazone groups is 1. The SMILES string of the molecule is Cc1ccc(C=NNC(=O)c2ccc([N+](=O)[O-])cn2)cc1. The van der Waals surface area contributed by atoms with Gasteiger partial charge in [0.2, 0.25) is 0 Å². The average Bonchev–Trinajstić information content (AvgIpc) is 2.49. The lowest BCUT2D eigenvalue weighted by Gasteiger charge is -1.99. The van der Waals surface area contributed by atoms with Gasteiger partial charge in [-0.05, 0) is 18.6 Å². The van der Waals surface area contributed by atoms with Crippen molar-refractivity contribution in [2.45, 2.75) is 6.92 Å². The summed E-state index contributed by atoms with van der Waals surface area (Å²) in [4.78, 5) is 25.3. The molecule has 21 heavy (non-hydrogen) atoms. The van der Waals surface area contributed by atoms with E-state index in [0.717, 1.165) is 17.3 Å². The first kappa shape index (κ1) is 14.3. The number of pyridine rings is 1. The predicted molar refractivity (Wildman–Crippen MR) is 77.1 cm³/mol. The fraction of sp³-hybridized carbons (Fsp3) is 0.0714. The van der Waals surface area contributed by atoms with Crippen LogP contribution in [0.4, 0.5) is 5.69 Å². The highest BCUT2D eigenvalue weighted by molar-refractivity contribution is 5.93. The van der Waals surface area contributed by atoms with Crippen molar-refractivity contribution in [2.75, 3.05) is 0 Å². The van der Waals surface area contributed by atoms with Gasteiger partial charge in [-0.2, -0.15) is 5.10 Å². The molecule has 0 radical (unpaired) electrons. The topological polar surface area (TPSA) is 97.5 Å². The lowest BCUT2D eigenvalue weighted by Crippen LogP contribution is -2.18. The van der Waals surface area contributed by atoms with Crippen LogP contribution >= 0.6 is 0 Å². The van der Waals surface area contributed by atoms with E-state index < -0.39 is 10.8 Å². The number of nitrogens with zero attached hydrogens (tertiary/aromatic N) is 3. The van der Waals surface area contributed by atoms with Gasteiger partial charge in [0.25, 0.3) is 11.6 Å². The van der Waals surface area contributed by atoms with E-state index in [1.807, 2.05) is 31.2 Å². The number of nitrogens with one attached hydrogen (secondary N) is 1. The van der Waals surface area contributed by atoms with Crippen LogP contribution in [0.25, 0.3) is 0 Å². The van der Waals surface area contributed by atoms with Crippen molar-refractivity contribution in [3.05, 3.63) is 69.5 Å². The Hall–Kier alpha value is -3.09. The molecule has 0 bridgehead atoms. The van der Waals surface area contributed by atoms with E-state index >= 15 is 0 Å². The Bertz CT molecular complexity index is 678. The Kier molecular flexibility index (Phi) is 4.35. The number of hydrogen-bond acceptors (Lipinski definition) is 5. The van der Waals surface area contributed by atoms with Gasteiger partial charge in [-0.25, -0.2) is 10.4 Å². The molecule has 0 fully saturated rings. The number of nitro groups is 1. The van der Waals surface area contributed by atoms with Gasteiger partial charge in [0, 0.05) is 6.07 Å². The maximum atomic E-state index is 11.7. The molecule has 0 aliphatic heterocycles. The number of aromatic nitrogens is 1. The largest absolute Gasteiger partial charge is 0.289 e. The quantitative estimate of drug-likeness (QED) is 0.528. The van der Waals surface area contributed by atoms with Gasteiger partial charge in [-0.1, -0.05) is 29.8 Å². The van der Waals surface area contributed by atoms with Crippen molar-refractivity contribution >= 4 is 17.8 Å². The Labute approximate surface area is 120 Å². The van der Waals surface area contributed by atoms with E-state index in [0.29, 0.717) is 0 Å². The maximum Gasteiger partial charge on any atom is 0.289 e. The fourth-order valence-electron chi connectivity index (χ4n) is 1.50. The van der Waals surface area contributed by atoms with Crippen LogP contribution in [0.1, 0.15) is 21.6 Å². The molecule has 106 valence electrons. The molecule has 2 rings (SSSR count). The molecule has 7 heteroatoms. The van der Waals surface area contributed by atoms with Crippen LogP contribution in [0.2, 0.25) is 0 Å². The highest BCUT2D eigenvalue weighted by atomic mass is 16.6. The zero-order chi connectivity index (χ0) is 15.2.